The molecule has 1 rings (SSSR count). The Balaban J connectivity index is 3.36. The lowest BCUT2D eigenvalue weighted by atomic mass is 10.1. The van der Waals surface area contributed by atoms with Crippen LogP contribution < -0.4 is 5.43 Å². The SMILES string of the molecule is Cc1c(NN=C(C#N)C#N)cc([N+](=O)[O-])cc1[N+](=O)[O-]. The van der Waals surface area contributed by atoms with Crippen LogP contribution in [-0.4, -0.2) is 15.6 Å². The second-order valence-electron chi connectivity index (χ2n) is 3.45. The van der Waals surface area contributed by atoms with Crippen LogP contribution in [0.25, 0.3) is 0 Å². The van der Waals surface area contributed by atoms with Crippen LogP contribution in [0.5, 0.6) is 0 Å². The van der Waals surface area contributed by atoms with Crippen molar-refractivity contribution in [2.75, 3.05) is 5.43 Å². The molecule has 0 saturated heterocycles. The van der Waals surface area contributed by atoms with E-state index in [9.17, 15) is 20.2 Å². The molecular formula is C10H6N6O4. The number of hydrogen-bond donors (Lipinski definition) is 1. The van der Waals surface area contributed by atoms with Crippen molar-refractivity contribution in [1.29, 1.82) is 10.5 Å². The molecule has 0 bridgehead atoms. The summed E-state index contributed by atoms with van der Waals surface area (Å²) in [6, 6.07) is 4.79. The maximum atomic E-state index is 10.8. The molecule has 0 radical (unpaired) electrons. The number of hydrogen-bond acceptors (Lipinski definition) is 8. The van der Waals surface area contributed by atoms with Crippen molar-refractivity contribution < 1.29 is 9.85 Å². The Morgan fingerprint density at radius 3 is 2.30 bits per heavy atom. The summed E-state index contributed by atoms with van der Waals surface area (Å²) in [6.45, 7) is 1.36. The predicted molar refractivity (Wildman–Crippen MR) is 66.8 cm³/mol. The lowest BCUT2D eigenvalue weighted by Gasteiger charge is -2.05. The van der Waals surface area contributed by atoms with Crippen LogP contribution in [0, 0.1) is 49.8 Å². The quantitative estimate of drug-likeness (QED) is 0.496. The maximum absolute atomic E-state index is 10.8. The van der Waals surface area contributed by atoms with Crippen molar-refractivity contribution in [3.8, 4) is 12.1 Å². The van der Waals surface area contributed by atoms with Gasteiger partial charge in [-0.15, -0.1) is 0 Å². The summed E-state index contributed by atoms with van der Waals surface area (Å²) in [5.74, 6) is 0. The van der Waals surface area contributed by atoms with Gasteiger partial charge >= 0.3 is 0 Å². The summed E-state index contributed by atoms with van der Waals surface area (Å²) in [5.41, 5.74) is 0.818. The lowest BCUT2D eigenvalue weighted by molar-refractivity contribution is -0.394. The highest BCUT2D eigenvalue weighted by Crippen LogP contribution is 2.31. The number of anilines is 1. The average Bonchev–Trinajstić information content (AvgIpc) is 2.40. The summed E-state index contributed by atoms with van der Waals surface area (Å²) in [5, 5.41) is 41.9. The van der Waals surface area contributed by atoms with Crippen molar-refractivity contribution >= 4 is 22.8 Å². The number of nitrogens with zero attached hydrogens (tertiary/aromatic N) is 5. The summed E-state index contributed by atoms with van der Waals surface area (Å²) in [7, 11) is 0. The molecule has 1 aromatic rings. The van der Waals surface area contributed by atoms with E-state index in [4.69, 9.17) is 10.5 Å². The Bertz CT molecular complexity index is 681. The molecule has 0 saturated carbocycles. The third-order valence-corrected chi connectivity index (χ3v) is 2.27. The number of nitro benzene ring substituents is 2. The molecule has 1 aromatic carbocycles. The fraction of sp³-hybridized carbons (Fsp3) is 0.100. The summed E-state index contributed by atoms with van der Waals surface area (Å²) >= 11 is 0. The van der Waals surface area contributed by atoms with Crippen LogP contribution >= 0.6 is 0 Å². The molecule has 0 aliphatic heterocycles. The zero-order valence-electron chi connectivity index (χ0n) is 10.0. The van der Waals surface area contributed by atoms with Crippen molar-refractivity contribution in [2.45, 2.75) is 6.92 Å². The Labute approximate surface area is 111 Å². The zero-order chi connectivity index (χ0) is 15.3. The highest BCUT2D eigenvalue weighted by molar-refractivity contribution is 6.10. The van der Waals surface area contributed by atoms with Gasteiger partial charge in [0.1, 0.15) is 12.1 Å². The fourth-order valence-corrected chi connectivity index (χ4v) is 1.29. The van der Waals surface area contributed by atoms with Gasteiger partial charge in [-0.3, -0.25) is 25.7 Å². The standard InChI is InChI=1S/C10H6N6O4/c1-6-9(14-13-7(4-11)5-12)2-8(15(17)18)3-10(6)16(19)20/h2-3,14H,1H3. The van der Waals surface area contributed by atoms with Gasteiger partial charge in [-0.1, -0.05) is 0 Å². The number of nitrogens with one attached hydrogen (secondary N) is 1. The lowest BCUT2D eigenvalue weighted by Crippen LogP contribution is -2.02. The number of nitro groups is 2. The van der Waals surface area contributed by atoms with Gasteiger partial charge in [0.2, 0.25) is 5.71 Å². The summed E-state index contributed by atoms with van der Waals surface area (Å²) < 4.78 is 0. The summed E-state index contributed by atoms with van der Waals surface area (Å²) in [6.07, 6.45) is 0. The molecule has 1 N–H and O–H groups in total. The first kappa shape index (κ1) is 14.5. The number of rotatable bonds is 4. The Morgan fingerprint density at radius 2 is 1.85 bits per heavy atom. The minimum atomic E-state index is -0.795. The third kappa shape index (κ3) is 3.02. The van der Waals surface area contributed by atoms with Gasteiger partial charge in [-0.25, -0.2) is 0 Å². The van der Waals surface area contributed by atoms with Gasteiger partial charge < -0.3 is 0 Å². The number of nitriles is 2. The van der Waals surface area contributed by atoms with E-state index in [1.807, 2.05) is 0 Å². The van der Waals surface area contributed by atoms with Gasteiger partial charge in [-0.05, 0) is 6.92 Å². The first-order chi connectivity index (χ1) is 9.40. The van der Waals surface area contributed by atoms with Crippen LogP contribution in [0.4, 0.5) is 17.1 Å². The first-order valence-corrected chi connectivity index (χ1v) is 4.98. The van der Waals surface area contributed by atoms with Crippen molar-refractivity contribution in [2.24, 2.45) is 5.10 Å². The van der Waals surface area contributed by atoms with Gasteiger partial charge in [-0.2, -0.15) is 15.6 Å². The predicted octanol–water partition coefficient (Wildman–Crippen LogP) is 1.63. The molecule has 0 atom stereocenters. The van der Waals surface area contributed by atoms with Crippen molar-refractivity contribution in [3.63, 3.8) is 0 Å². The van der Waals surface area contributed by atoms with Gasteiger partial charge in [0.05, 0.1) is 27.2 Å². The second kappa shape index (κ2) is 5.88. The summed E-state index contributed by atoms with van der Waals surface area (Å²) in [4.78, 5) is 20.0. The zero-order valence-corrected chi connectivity index (χ0v) is 10.0. The van der Waals surface area contributed by atoms with E-state index in [0.29, 0.717) is 0 Å². The van der Waals surface area contributed by atoms with Crippen LogP contribution in [-0.2, 0) is 0 Å². The molecule has 100 valence electrons. The minimum absolute atomic E-state index is 0.0334. The third-order valence-electron chi connectivity index (χ3n) is 2.27. The Morgan fingerprint density at radius 1 is 1.25 bits per heavy atom. The molecule has 0 spiro atoms. The number of hydrazone groups is 1. The van der Waals surface area contributed by atoms with E-state index in [-0.39, 0.29) is 11.3 Å². The highest BCUT2D eigenvalue weighted by atomic mass is 16.6. The molecule has 10 nitrogen and oxygen atoms in total. The van der Waals surface area contributed by atoms with Crippen molar-refractivity contribution in [3.05, 3.63) is 37.9 Å². The molecule has 0 aliphatic carbocycles. The van der Waals surface area contributed by atoms with Crippen LogP contribution in [0.3, 0.4) is 0 Å². The van der Waals surface area contributed by atoms with E-state index in [1.165, 1.54) is 19.1 Å². The molecule has 0 amide bonds. The molecule has 10 heteroatoms. The normalized spacial score (nSPS) is 8.95. The maximum Gasteiger partial charge on any atom is 0.281 e. The number of non-ortho nitro benzene ring substituents is 1. The Kier molecular flexibility index (Phi) is 4.27. The van der Waals surface area contributed by atoms with Crippen molar-refractivity contribution in [1.82, 2.24) is 0 Å². The van der Waals surface area contributed by atoms with Gasteiger partial charge in [0, 0.05) is 6.07 Å². The van der Waals surface area contributed by atoms with Gasteiger partial charge in [0.15, 0.2) is 0 Å². The highest BCUT2D eigenvalue weighted by Gasteiger charge is 2.21. The largest absolute Gasteiger partial charge is 0.281 e. The van der Waals surface area contributed by atoms with Gasteiger partial charge in [0.25, 0.3) is 11.4 Å². The van der Waals surface area contributed by atoms with E-state index in [2.05, 4.69) is 10.5 Å². The molecule has 20 heavy (non-hydrogen) atoms. The second-order valence-corrected chi connectivity index (χ2v) is 3.45. The van der Waals surface area contributed by atoms with E-state index in [1.54, 1.807) is 0 Å². The van der Waals surface area contributed by atoms with E-state index >= 15 is 0 Å². The monoisotopic (exact) mass is 274 g/mol. The smallest absolute Gasteiger partial charge is 0.276 e. The molecular weight excluding hydrogens is 268 g/mol. The van der Waals surface area contributed by atoms with Crippen LogP contribution in [0.15, 0.2) is 17.2 Å². The Hall–Kier alpha value is -3.53. The molecule has 0 fully saturated rings. The molecule has 0 aliphatic rings. The molecule has 0 heterocycles. The topological polar surface area (TPSA) is 158 Å². The van der Waals surface area contributed by atoms with Crippen LogP contribution in [0.1, 0.15) is 5.56 Å². The average molecular weight is 274 g/mol. The first-order valence-electron chi connectivity index (χ1n) is 4.98. The molecule has 0 unspecified atom stereocenters. The fourth-order valence-electron chi connectivity index (χ4n) is 1.29. The van der Waals surface area contributed by atoms with Crippen LogP contribution in [0.2, 0.25) is 0 Å². The van der Waals surface area contributed by atoms with E-state index < -0.39 is 26.9 Å². The minimum Gasteiger partial charge on any atom is -0.276 e. The number of benzene rings is 1. The molecule has 0 aromatic heterocycles. The van der Waals surface area contributed by atoms with E-state index in [0.717, 1.165) is 12.1 Å².